The summed E-state index contributed by atoms with van der Waals surface area (Å²) in [6.45, 7) is 4.61. The van der Waals surface area contributed by atoms with Crippen LogP contribution < -0.4 is 0 Å². The molecule has 212 valence electrons. The highest BCUT2D eigenvalue weighted by Gasteiger charge is 2.48. The minimum absolute atomic E-state index is 0.0955. The monoisotopic (exact) mass is 543 g/mol. The predicted octanol–water partition coefficient (Wildman–Crippen LogP) is 1.38. The number of allylic oxidation sites excluding steroid dienone is 1. The van der Waals surface area contributed by atoms with E-state index in [9.17, 15) is 38.9 Å². The number of nitro groups is 1. The first-order chi connectivity index (χ1) is 17.7. The van der Waals surface area contributed by atoms with Gasteiger partial charge in [-0.25, -0.2) is 0 Å². The zero-order chi connectivity index (χ0) is 29.0. The summed E-state index contributed by atoms with van der Waals surface area (Å²) in [5.41, 5.74) is -1.32. The molecular formula is C24H33NO13. The Morgan fingerprint density at radius 2 is 1.39 bits per heavy atom. The van der Waals surface area contributed by atoms with E-state index in [4.69, 9.17) is 23.7 Å². The summed E-state index contributed by atoms with van der Waals surface area (Å²) in [5, 5.41) is 12.1. The first-order valence-electron chi connectivity index (χ1n) is 11.8. The van der Waals surface area contributed by atoms with Gasteiger partial charge in [0, 0.05) is 58.8 Å². The van der Waals surface area contributed by atoms with Gasteiger partial charge in [0.2, 0.25) is 5.54 Å². The van der Waals surface area contributed by atoms with Gasteiger partial charge in [0.25, 0.3) is 0 Å². The van der Waals surface area contributed by atoms with Crippen LogP contribution in [-0.4, -0.2) is 77.6 Å². The van der Waals surface area contributed by atoms with E-state index in [2.05, 4.69) is 0 Å². The minimum atomic E-state index is -1.63. The number of ether oxygens (including phenoxy) is 5. The number of rotatable bonds is 14. The lowest BCUT2D eigenvalue weighted by molar-refractivity contribution is -0.573. The molecule has 0 aliphatic heterocycles. The van der Waals surface area contributed by atoms with Crippen molar-refractivity contribution < 1.29 is 57.4 Å². The minimum Gasteiger partial charge on any atom is -0.462 e. The molecule has 14 heteroatoms. The second kappa shape index (κ2) is 14.8. The standard InChI is InChI=1S/C24H33NO13/c1-14(27)34-13-21(36-16(3)29)23(38-18(5)31)22(37-17(4)30)20(35-15(2)28)8-10-24(25(32)33)9-6-7-19(11-24)12-26/h7,12,20-23H,6,8-11,13H2,1-5H3/t20-,21-,22-,23-,24+/m1/s1. The van der Waals surface area contributed by atoms with Gasteiger partial charge in [0.05, 0.1) is 0 Å². The van der Waals surface area contributed by atoms with Crippen molar-refractivity contribution in [3.8, 4) is 0 Å². The summed E-state index contributed by atoms with van der Waals surface area (Å²) in [6, 6.07) is 0. The third-order valence-electron chi connectivity index (χ3n) is 5.73. The maximum absolute atomic E-state index is 12.1. The molecule has 5 atom stereocenters. The van der Waals surface area contributed by atoms with Crippen LogP contribution in [0.25, 0.3) is 0 Å². The second-order valence-corrected chi connectivity index (χ2v) is 8.88. The molecule has 0 unspecified atom stereocenters. The molecule has 0 saturated carbocycles. The van der Waals surface area contributed by atoms with Gasteiger partial charge < -0.3 is 23.7 Å². The van der Waals surface area contributed by atoms with Gasteiger partial charge in [0.1, 0.15) is 19.0 Å². The maximum Gasteiger partial charge on any atom is 0.303 e. The predicted molar refractivity (Wildman–Crippen MR) is 126 cm³/mol. The molecule has 0 aromatic heterocycles. The normalized spacial score (nSPS) is 19.9. The van der Waals surface area contributed by atoms with Crippen molar-refractivity contribution in [2.45, 2.75) is 96.7 Å². The fraction of sp³-hybridized carbons (Fsp3) is 0.667. The Balaban J connectivity index is 3.51. The van der Waals surface area contributed by atoms with E-state index in [1.165, 1.54) is 0 Å². The van der Waals surface area contributed by atoms with Crippen molar-refractivity contribution in [2.75, 3.05) is 6.61 Å². The third-order valence-corrected chi connectivity index (χ3v) is 5.73. The van der Waals surface area contributed by atoms with E-state index in [1.807, 2.05) is 0 Å². The summed E-state index contributed by atoms with van der Waals surface area (Å²) < 4.78 is 26.1. The van der Waals surface area contributed by atoms with Gasteiger partial charge in [0.15, 0.2) is 18.3 Å². The van der Waals surface area contributed by atoms with Gasteiger partial charge in [-0.1, -0.05) is 6.08 Å². The van der Waals surface area contributed by atoms with Crippen LogP contribution in [-0.2, 0) is 52.5 Å². The molecule has 0 amide bonds. The Bertz CT molecular complexity index is 959. The zero-order valence-electron chi connectivity index (χ0n) is 22.0. The molecule has 0 radical (unpaired) electrons. The molecule has 0 spiro atoms. The smallest absolute Gasteiger partial charge is 0.303 e. The van der Waals surface area contributed by atoms with E-state index in [0.717, 1.165) is 34.6 Å². The first kappa shape index (κ1) is 32.2. The topological polar surface area (TPSA) is 192 Å². The van der Waals surface area contributed by atoms with Crippen LogP contribution >= 0.6 is 0 Å². The Labute approximate surface area is 219 Å². The molecule has 38 heavy (non-hydrogen) atoms. The summed E-state index contributed by atoms with van der Waals surface area (Å²) in [5.74, 6) is -4.25. The number of nitrogens with zero attached hydrogens (tertiary/aromatic N) is 1. The van der Waals surface area contributed by atoms with E-state index in [1.54, 1.807) is 6.08 Å². The molecule has 1 aliphatic carbocycles. The van der Waals surface area contributed by atoms with Crippen molar-refractivity contribution in [3.05, 3.63) is 21.8 Å². The number of carbonyl (C=O) groups excluding carboxylic acids is 6. The number of carbonyl (C=O) groups is 6. The Kier molecular flexibility index (Phi) is 12.5. The van der Waals surface area contributed by atoms with Gasteiger partial charge in [-0.3, -0.25) is 38.9 Å². The second-order valence-electron chi connectivity index (χ2n) is 8.88. The molecule has 0 fully saturated rings. The molecule has 0 saturated heterocycles. The Hall–Kier alpha value is -3.84. The highest BCUT2D eigenvalue weighted by molar-refractivity contribution is 5.73. The average molecular weight is 544 g/mol. The summed E-state index contributed by atoms with van der Waals surface area (Å²) in [7, 11) is 0. The van der Waals surface area contributed by atoms with Crippen molar-refractivity contribution in [3.63, 3.8) is 0 Å². The largest absolute Gasteiger partial charge is 0.462 e. The average Bonchev–Trinajstić information content (AvgIpc) is 2.80. The summed E-state index contributed by atoms with van der Waals surface area (Å²) in [4.78, 5) is 82.1. The van der Waals surface area contributed by atoms with Crippen molar-refractivity contribution in [1.82, 2.24) is 0 Å². The highest BCUT2D eigenvalue weighted by Crippen LogP contribution is 2.36. The summed E-state index contributed by atoms with van der Waals surface area (Å²) in [6.07, 6.45) is -4.28. The lowest BCUT2D eigenvalue weighted by atomic mass is 9.78. The highest BCUT2D eigenvalue weighted by atomic mass is 16.6. The Morgan fingerprint density at radius 1 is 0.895 bits per heavy atom. The molecule has 0 bridgehead atoms. The molecular weight excluding hydrogens is 510 g/mol. The fourth-order valence-electron chi connectivity index (χ4n) is 4.23. The Morgan fingerprint density at radius 3 is 1.84 bits per heavy atom. The zero-order valence-corrected chi connectivity index (χ0v) is 22.0. The third kappa shape index (κ3) is 10.3. The van der Waals surface area contributed by atoms with Crippen LogP contribution in [0.15, 0.2) is 11.6 Å². The molecule has 14 nitrogen and oxygen atoms in total. The van der Waals surface area contributed by atoms with E-state index in [-0.39, 0.29) is 37.7 Å². The van der Waals surface area contributed by atoms with E-state index < -0.39 is 71.3 Å². The van der Waals surface area contributed by atoms with E-state index in [0.29, 0.717) is 6.29 Å². The van der Waals surface area contributed by atoms with Crippen LogP contribution in [0.2, 0.25) is 0 Å². The van der Waals surface area contributed by atoms with Crippen LogP contribution in [0.3, 0.4) is 0 Å². The van der Waals surface area contributed by atoms with Crippen LogP contribution in [0.4, 0.5) is 0 Å². The quantitative estimate of drug-likeness (QED) is 0.100. The molecule has 0 heterocycles. The van der Waals surface area contributed by atoms with Crippen LogP contribution in [0.1, 0.15) is 66.7 Å². The first-order valence-corrected chi connectivity index (χ1v) is 11.8. The molecule has 1 aliphatic rings. The van der Waals surface area contributed by atoms with Crippen LogP contribution in [0.5, 0.6) is 0 Å². The SMILES string of the molecule is CC(=O)OC[C@@H](OC(C)=O)[C@@H](OC(C)=O)[C@H](OC(C)=O)[C@@H](CC[C@@]1([N+](=O)[O-])CCC=C(C=O)C1)OC(C)=O. The maximum atomic E-state index is 12.1. The summed E-state index contributed by atoms with van der Waals surface area (Å²) >= 11 is 0. The lowest BCUT2D eigenvalue weighted by Gasteiger charge is -2.36. The van der Waals surface area contributed by atoms with Crippen molar-refractivity contribution in [2.24, 2.45) is 0 Å². The van der Waals surface area contributed by atoms with Crippen molar-refractivity contribution >= 4 is 36.1 Å². The van der Waals surface area contributed by atoms with Gasteiger partial charge in [-0.15, -0.1) is 0 Å². The fourth-order valence-corrected chi connectivity index (χ4v) is 4.23. The van der Waals surface area contributed by atoms with Crippen LogP contribution in [0, 0.1) is 10.1 Å². The van der Waals surface area contributed by atoms with Gasteiger partial charge >= 0.3 is 29.8 Å². The number of hydrogen-bond acceptors (Lipinski definition) is 13. The number of esters is 5. The van der Waals surface area contributed by atoms with E-state index >= 15 is 0 Å². The number of hydrogen-bond donors (Lipinski definition) is 0. The van der Waals surface area contributed by atoms with Crippen molar-refractivity contribution in [1.29, 1.82) is 0 Å². The van der Waals surface area contributed by atoms with Gasteiger partial charge in [-0.05, 0) is 18.4 Å². The lowest BCUT2D eigenvalue weighted by Crippen LogP contribution is -2.53. The van der Waals surface area contributed by atoms with Gasteiger partial charge in [-0.2, -0.15) is 0 Å². The molecule has 0 N–H and O–H groups in total. The molecule has 0 aromatic carbocycles. The molecule has 1 rings (SSSR count). The molecule has 0 aromatic rings. The number of aldehydes is 1.